The number of rotatable bonds is 4. The van der Waals surface area contributed by atoms with Gasteiger partial charge < -0.3 is 5.32 Å². The lowest BCUT2D eigenvalue weighted by Gasteiger charge is -2.05. The molecule has 2 rings (SSSR count). The predicted molar refractivity (Wildman–Crippen MR) is 71.3 cm³/mol. The molecule has 16 heavy (non-hydrogen) atoms. The summed E-state index contributed by atoms with van der Waals surface area (Å²) in [6.45, 7) is 1.64. The summed E-state index contributed by atoms with van der Waals surface area (Å²) >= 11 is 13.5. The van der Waals surface area contributed by atoms with Gasteiger partial charge in [0.15, 0.2) is 0 Å². The van der Waals surface area contributed by atoms with Crippen molar-refractivity contribution in [3.8, 4) is 0 Å². The molecule has 1 N–H and O–H groups in total. The highest BCUT2D eigenvalue weighted by molar-refractivity contribution is 7.07. The maximum atomic E-state index is 5.92. The summed E-state index contributed by atoms with van der Waals surface area (Å²) in [4.78, 5) is 0. The molecule has 0 amide bonds. The Morgan fingerprint density at radius 2 is 1.69 bits per heavy atom. The molecule has 0 unspecified atom stereocenters. The molecule has 84 valence electrons. The molecule has 0 saturated heterocycles. The van der Waals surface area contributed by atoms with Crippen LogP contribution in [0.2, 0.25) is 10.0 Å². The number of thiophene rings is 1. The lowest BCUT2D eigenvalue weighted by atomic mass is 10.2. The van der Waals surface area contributed by atoms with Gasteiger partial charge in [0.2, 0.25) is 0 Å². The Kier molecular flexibility index (Phi) is 4.24. The van der Waals surface area contributed by atoms with Crippen LogP contribution in [0.25, 0.3) is 0 Å². The van der Waals surface area contributed by atoms with Crippen LogP contribution in [0.5, 0.6) is 0 Å². The predicted octanol–water partition coefficient (Wildman–Crippen LogP) is 4.34. The van der Waals surface area contributed by atoms with E-state index < -0.39 is 0 Å². The fraction of sp³-hybridized carbons (Fsp3) is 0.167. The van der Waals surface area contributed by atoms with Gasteiger partial charge in [0, 0.05) is 23.1 Å². The zero-order valence-corrected chi connectivity index (χ0v) is 10.9. The van der Waals surface area contributed by atoms with Crippen molar-refractivity contribution in [2.45, 2.75) is 13.1 Å². The maximum absolute atomic E-state index is 5.92. The number of halogens is 2. The van der Waals surface area contributed by atoms with E-state index in [-0.39, 0.29) is 0 Å². The van der Waals surface area contributed by atoms with Gasteiger partial charge in [0.25, 0.3) is 0 Å². The van der Waals surface area contributed by atoms with Crippen LogP contribution in [-0.4, -0.2) is 0 Å². The molecule has 0 atom stereocenters. The highest BCUT2D eigenvalue weighted by Crippen LogP contribution is 2.19. The van der Waals surface area contributed by atoms with Crippen LogP contribution in [0.15, 0.2) is 35.0 Å². The van der Waals surface area contributed by atoms with Crippen molar-refractivity contribution < 1.29 is 0 Å². The van der Waals surface area contributed by atoms with Crippen molar-refractivity contribution in [3.63, 3.8) is 0 Å². The molecule has 0 aliphatic rings. The number of benzene rings is 1. The minimum Gasteiger partial charge on any atom is -0.309 e. The van der Waals surface area contributed by atoms with E-state index in [0.29, 0.717) is 10.0 Å². The lowest BCUT2D eigenvalue weighted by molar-refractivity contribution is 0.695. The van der Waals surface area contributed by atoms with E-state index in [0.717, 1.165) is 18.7 Å². The smallest absolute Gasteiger partial charge is 0.0424 e. The normalized spacial score (nSPS) is 10.6. The van der Waals surface area contributed by atoms with Gasteiger partial charge in [-0.3, -0.25) is 0 Å². The van der Waals surface area contributed by atoms with Crippen molar-refractivity contribution in [3.05, 3.63) is 56.2 Å². The van der Waals surface area contributed by atoms with E-state index in [2.05, 4.69) is 22.1 Å². The van der Waals surface area contributed by atoms with E-state index in [1.165, 1.54) is 5.56 Å². The molecule has 0 bridgehead atoms. The quantitative estimate of drug-likeness (QED) is 0.872. The fourth-order valence-electron chi connectivity index (χ4n) is 1.46. The van der Waals surface area contributed by atoms with Gasteiger partial charge in [-0.15, -0.1) is 0 Å². The Hall–Kier alpha value is -0.540. The van der Waals surface area contributed by atoms with Gasteiger partial charge in [-0.05, 0) is 46.2 Å². The highest BCUT2D eigenvalue weighted by Gasteiger charge is 1.98. The molecule has 0 spiro atoms. The molecule has 1 heterocycles. The molecular weight excluding hydrogens is 261 g/mol. The van der Waals surface area contributed by atoms with Crippen LogP contribution >= 0.6 is 34.5 Å². The zero-order valence-electron chi connectivity index (χ0n) is 8.54. The zero-order chi connectivity index (χ0) is 11.4. The second kappa shape index (κ2) is 5.69. The Bertz CT molecular complexity index is 434. The molecule has 1 aromatic heterocycles. The van der Waals surface area contributed by atoms with Crippen molar-refractivity contribution in [2.75, 3.05) is 0 Å². The summed E-state index contributed by atoms with van der Waals surface area (Å²) in [5.41, 5.74) is 2.41. The highest BCUT2D eigenvalue weighted by atomic mass is 35.5. The largest absolute Gasteiger partial charge is 0.309 e. The molecule has 0 radical (unpaired) electrons. The van der Waals surface area contributed by atoms with Crippen molar-refractivity contribution in [1.29, 1.82) is 0 Å². The van der Waals surface area contributed by atoms with Gasteiger partial charge in [-0.25, -0.2) is 0 Å². The summed E-state index contributed by atoms with van der Waals surface area (Å²) in [6, 6.07) is 7.70. The monoisotopic (exact) mass is 271 g/mol. The van der Waals surface area contributed by atoms with Crippen LogP contribution < -0.4 is 5.32 Å². The third kappa shape index (κ3) is 3.49. The van der Waals surface area contributed by atoms with Crippen LogP contribution in [0.3, 0.4) is 0 Å². The number of hydrogen-bond donors (Lipinski definition) is 1. The number of hydrogen-bond acceptors (Lipinski definition) is 2. The standard InChI is InChI=1S/C12H11Cl2NS/c13-11-3-10(4-12(14)5-11)7-15-6-9-1-2-16-8-9/h1-5,8,15H,6-7H2. The average Bonchev–Trinajstić information content (AvgIpc) is 2.69. The first-order chi connectivity index (χ1) is 7.74. The molecule has 1 aromatic carbocycles. The first kappa shape index (κ1) is 11.9. The van der Waals surface area contributed by atoms with E-state index >= 15 is 0 Å². The van der Waals surface area contributed by atoms with Crippen LogP contribution in [-0.2, 0) is 13.1 Å². The average molecular weight is 272 g/mol. The number of nitrogens with one attached hydrogen (secondary N) is 1. The van der Waals surface area contributed by atoms with Gasteiger partial charge in [0.1, 0.15) is 0 Å². The van der Waals surface area contributed by atoms with E-state index in [4.69, 9.17) is 23.2 Å². The Morgan fingerprint density at radius 3 is 2.31 bits per heavy atom. The van der Waals surface area contributed by atoms with Crippen molar-refractivity contribution in [1.82, 2.24) is 5.32 Å². The fourth-order valence-corrected chi connectivity index (χ4v) is 2.70. The van der Waals surface area contributed by atoms with E-state index in [1.807, 2.05) is 12.1 Å². The van der Waals surface area contributed by atoms with Crippen LogP contribution in [0.4, 0.5) is 0 Å². The summed E-state index contributed by atoms with van der Waals surface area (Å²) < 4.78 is 0. The van der Waals surface area contributed by atoms with Gasteiger partial charge in [-0.1, -0.05) is 23.2 Å². The third-order valence-electron chi connectivity index (χ3n) is 2.16. The Labute approximate surface area is 109 Å². The van der Waals surface area contributed by atoms with Crippen molar-refractivity contribution >= 4 is 34.5 Å². The molecule has 1 nitrogen and oxygen atoms in total. The van der Waals surface area contributed by atoms with Crippen molar-refractivity contribution in [2.24, 2.45) is 0 Å². The van der Waals surface area contributed by atoms with Gasteiger partial charge >= 0.3 is 0 Å². The molecule has 0 fully saturated rings. The molecule has 2 aromatic rings. The van der Waals surface area contributed by atoms with Crippen LogP contribution in [0, 0.1) is 0 Å². The Morgan fingerprint density at radius 1 is 1.00 bits per heavy atom. The SMILES string of the molecule is Clc1cc(Cl)cc(CNCc2ccsc2)c1. The summed E-state index contributed by atoms with van der Waals surface area (Å²) in [6.07, 6.45) is 0. The second-order valence-corrected chi connectivity index (χ2v) is 5.17. The Balaban J connectivity index is 1.89. The molecule has 0 aliphatic carbocycles. The molecular formula is C12H11Cl2NS. The summed E-state index contributed by atoms with van der Waals surface area (Å²) in [5, 5.41) is 8.92. The van der Waals surface area contributed by atoms with E-state index in [9.17, 15) is 0 Å². The first-order valence-corrected chi connectivity index (χ1v) is 6.61. The molecule has 0 saturated carbocycles. The van der Waals surface area contributed by atoms with Crippen LogP contribution in [0.1, 0.15) is 11.1 Å². The topological polar surface area (TPSA) is 12.0 Å². The summed E-state index contributed by atoms with van der Waals surface area (Å²) in [5.74, 6) is 0. The summed E-state index contributed by atoms with van der Waals surface area (Å²) in [7, 11) is 0. The minimum atomic E-state index is 0.680. The van der Waals surface area contributed by atoms with Gasteiger partial charge in [-0.2, -0.15) is 11.3 Å². The molecule has 4 heteroatoms. The minimum absolute atomic E-state index is 0.680. The molecule has 0 aliphatic heterocycles. The third-order valence-corrected chi connectivity index (χ3v) is 3.33. The maximum Gasteiger partial charge on any atom is 0.0424 e. The lowest BCUT2D eigenvalue weighted by Crippen LogP contribution is -2.11. The first-order valence-electron chi connectivity index (χ1n) is 4.91. The second-order valence-electron chi connectivity index (χ2n) is 3.51. The van der Waals surface area contributed by atoms with Gasteiger partial charge in [0.05, 0.1) is 0 Å². The van der Waals surface area contributed by atoms with E-state index in [1.54, 1.807) is 17.4 Å².